The number of methoxy groups -OCH3 is 2. The van der Waals surface area contributed by atoms with Gasteiger partial charge >= 0.3 is 0 Å². The van der Waals surface area contributed by atoms with Gasteiger partial charge in [0.2, 0.25) is 5.91 Å². The molecular formula is C15H22ClFN2O4. The first-order valence-electron chi connectivity index (χ1n) is 7.09. The highest BCUT2D eigenvalue weighted by Crippen LogP contribution is 2.32. The minimum absolute atomic E-state index is 0. The molecule has 1 aromatic rings. The van der Waals surface area contributed by atoms with Gasteiger partial charge in [0.25, 0.3) is 0 Å². The summed E-state index contributed by atoms with van der Waals surface area (Å²) in [7, 11) is 2.89. The van der Waals surface area contributed by atoms with Gasteiger partial charge in [0, 0.05) is 18.2 Å². The molecule has 0 radical (unpaired) electrons. The predicted octanol–water partition coefficient (Wildman–Crippen LogP) is 1.16. The largest absolute Gasteiger partial charge is 0.493 e. The quantitative estimate of drug-likeness (QED) is 0.744. The van der Waals surface area contributed by atoms with Crippen LogP contribution in [0.25, 0.3) is 0 Å². The van der Waals surface area contributed by atoms with Crippen molar-refractivity contribution < 1.29 is 23.8 Å². The summed E-state index contributed by atoms with van der Waals surface area (Å²) in [5.41, 5.74) is 0.310. The summed E-state index contributed by atoms with van der Waals surface area (Å²) in [5, 5.41) is 15.1. The maximum atomic E-state index is 14.2. The van der Waals surface area contributed by atoms with Gasteiger partial charge in [-0.05, 0) is 19.4 Å². The molecule has 3 atom stereocenters. The van der Waals surface area contributed by atoms with E-state index < -0.39 is 24.0 Å². The van der Waals surface area contributed by atoms with Crippen LogP contribution in [0.15, 0.2) is 12.1 Å². The lowest BCUT2D eigenvalue weighted by atomic mass is 10.1. The number of rotatable bonds is 5. The lowest BCUT2D eigenvalue weighted by Crippen LogP contribution is -2.41. The molecule has 1 aliphatic heterocycles. The van der Waals surface area contributed by atoms with Gasteiger partial charge in [-0.3, -0.25) is 4.79 Å². The van der Waals surface area contributed by atoms with E-state index in [2.05, 4.69) is 10.6 Å². The minimum atomic E-state index is -0.535. The van der Waals surface area contributed by atoms with E-state index in [0.717, 1.165) is 0 Å². The number of hydrogen-bond acceptors (Lipinski definition) is 5. The second-order valence-electron chi connectivity index (χ2n) is 5.31. The third-order valence-electron chi connectivity index (χ3n) is 3.75. The monoisotopic (exact) mass is 348 g/mol. The van der Waals surface area contributed by atoms with E-state index in [-0.39, 0.29) is 18.3 Å². The molecule has 1 amide bonds. The van der Waals surface area contributed by atoms with Gasteiger partial charge in [0.05, 0.1) is 32.4 Å². The number of aliphatic hydroxyl groups excluding tert-OH is 1. The van der Waals surface area contributed by atoms with Crippen molar-refractivity contribution in [1.82, 2.24) is 10.6 Å². The second kappa shape index (κ2) is 8.33. The van der Waals surface area contributed by atoms with Gasteiger partial charge < -0.3 is 25.2 Å². The van der Waals surface area contributed by atoms with Crippen LogP contribution < -0.4 is 20.1 Å². The molecule has 1 saturated heterocycles. The minimum Gasteiger partial charge on any atom is -0.493 e. The summed E-state index contributed by atoms with van der Waals surface area (Å²) in [6.07, 6.45) is -0.170. The number of halogens is 2. The van der Waals surface area contributed by atoms with Crippen molar-refractivity contribution >= 4 is 18.3 Å². The zero-order valence-corrected chi connectivity index (χ0v) is 14.1. The maximum absolute atomic E-state index is 14.2. The molecule has 2 rings (SSSR count). The Labute approximate surface area is 140 Å². The molecule has 8 heteroatoms. The van der Waals surface area contributed by atoms with Crippen molar-refractivity contribution in [2.24, 2.45) is 0 Å². The molecule has 130 valence electrons. The Hall–Kier alpha value is -1.57. The first-order valence-corrected chi connectivity index (χ1v) is 7.09. The Morgan fingerprint density at radius 2 is 2.00 bits per heavy atom. The van der Waals surface area contributed by atoms with E-state index in [9.17, 15) is 14.3 Å². The van der Waals surface area contributed by atoms with Crippen LogP contribution >= 0.6 is 12.4 Å². The van der Waals surface area contributed by atoms with E-state index in [1.165, 1.54) is 26.4 Å². The fraction of sp³-hybridized carbons (Fsp3) is 0.533. The van der Waals surface area contributed by atoms with E-state index in [1.807, 2.05) is 0 Å². The van der Waals surface area contributed by atoms with Crippen LogP contribution in [0.5, 0.6) is 11.5 Å². The van der Waals surface area contributed by atoms with E-state index in [0.29, 0.717) is 30.0 Å². The summed E-state index contributed by atoms with van der Waals surface area (Å²) in [5.74, 6) is -0.0552. The molecule has 1 aromatic carbocycles. The highest BCUT2D eigenvalue weighted by Gasteiger charge is 2.29. The number of hydrogen-bond donors (Lipinski definition) is 3. The SMILES string of the molecule is COc1cc(F)c(C(C)NC(=O)C2CC(O)CN2)cc1OC.Cl. The molecule has 3 N–H and O–H groups in total. The molecule has 0 aliphatic carbocycles. The molecule has 0 aromatic heterocycles. The van der Waals surface area contributed by atoms with Crippen molar-refractivity contribution in [2.75, 3.05) is 20.8 Å². The van der Waals surface area contributed by atoms with Crippen molar-refractivity contribution in [1.29, 1.82) is 0 Å². The van der Waals surface area contributed by atoms with E-state index in [1.54, 1.807) is 6.92 Å². The second-order valence-corrected chi connectivity index (χ2v) is 5.31. The van der Waals surface area contributed by atoms with Crippen LogP contribution in [0, 0.1) is 5.82 Å². The van der Waals surface area contributed by atoms with Crippen molar-refractivity contribution in [3.8, 4) is 11.5 Å². The van der Waals surface area contributed by atoms with Crippen LogP contribution in [0.4, 0.5) is 4.39 Å². The van der Waals surface area contributed by atoms with Gasteiger partial charge in [-0.1, -0.05) is 0 Å². The Morgan fingerprint density at radius 1 is 1.39 bits per heavy atom. The number of β-amino-alcohol motifs (C(OH)–C–C–N with tert-alkyl or cyclic N) is 1. The fourth-order valence-electron chi connectivity index (χ4n) is 2.51. The maximum Gasteiger partial charge on any atom is 0.237 e. The topological polar surface area (TPSA) is 79.8 Å². The molecule has 6 nitrogen and oxygen atoms in total. The van der Waals surface area contributed by atoms with E-state index in [4.69, 9.17) is 9.47 Å². The summed E-state index contributed by atoms with van der Waals surface area (Å²) in [6, 6.07) is 1.75. The van der Waals surface area contributed by atoms with Crippen LogP contribution in [-0.4, -0.2) is 43.9 Å². The molecule has 3 unspecified atom stereocenters. The van der Waals surface area contributed by atoms with Gasteiger partial charge in [0.1, 0.15) is 5.82 Å². The van der Waals surface area contributed by atoms with Crippen molar-refractivity contribution in [3.63, 3.8) is 0 Å². The Kier molecular flexibility index (Phi) is 7.05. The predicted molar refractivity (Wildman–Crippen MR) is 85.7 cm³/mol. The average molecular weight is 349 g/mol. The first-order chi connectivity index (χ1) is 10.5. The summed E-state index contributed by atoms with van der Waals surface area (Å²) >= 11 is 0. The lowest BCUT2D eigenvalue weighted by Gasteiger charge is -2.19. The molecule has 0 saturated carbocycles. The lowest BCUT2D eigenvalue weighted by molar-refractivity contribution is -0.123. The number of amides is 1. The fourth-order valence-corrected chi connectivity index (χ4v) is 2.51. The summed E-state index contributed by atoms with van der Waals surface area (Å²) in [4.78, 5) is 12.1. The average Bonchev–Trinajstić information content (AvgIpc) is 2.93. The van der Waals surface area contributed by atoms with Crippen LogP contribution in [0.2, 0.25) is 0 Å². The molecule has 0 bridgehead atoms. The number of carbonyl (C=O) groups excluding carboxylic acids is 1. The van der Waals surface area contributed by atoms with Gasteiger partial charge in [-0.2, -0.15) is 0 Å². The highest BCUT2D eigenvalue weighted by atomic mass is 35.5. The third kappa shape index (κ3) is 4.46. The van der Waals surface area contributed by atoms with Crippen LogP contribution in [-0.2, 0) is 4.79 Å². The van der Waals surface area contributed by atoms with Gasteiger partial charge in [-0.25, -0.2) is 4.39 Å². The van der Waals surface area contributed by atoms with Crippen molar-refractivity contribution in [2.45, 2.75) is 31.5 Å². The zero-order chi connectivity index (χ0) is 16.3. The normalized spacial score (nSPS) is 21.3. The molecule has 1 aliphatic rings. The first kappa shape index (κ1) is 19.5. The summed E-state index contributed by atoms with van der Waals surface area (Å²) in [6.45, 7) is 2.07. The Balaban J connectivity index is 0.00000264. The van der Waals surface area contributed by atoms with Crippen LogP contribution in [0.1, 0.15) is 24.9 Å². The molecule has 1 fully saturated rings. The zero-order valence-electron chi connectivity index (χ0n) is 13.3. The van der Waals surface area contributed by atoms with Gasteiger partial charge in [0.15, 0.2) is 11.5 Å². The number of carbonyl (C=O) groups is 1. The smallest absolute Gasteiger partial charge is 0.237 e. The Morgan fingerprint density at radius 3 is 2.52 bits per heavy atom. The Bertz CT molecular complexity index is 559. The number of ether oxygens (including phenoxy) is 2. The molecule has 0 spiro atoms. The summed E-state index contributed by atoms with van der Waals surface area (Å²) < 4.78 is 24.3. The number of aliphatic hydroxyl groups is 1. The standard InChI is InChI=1S/C15H21FN2O4.ClH/c1-8(18-15(20)12-4-9(19)7-17-12)10-5-13(21-2)14(22-3)6-11(10)16;/h5-6,8-9,12,17,19H,4,7H2,1-3H3,(H,18,20);1H. The molecule has 23 heavy (non-hydrogen) atoms. The van der Waals surface area contributed by atoms with Gasteiger partial charge in [-0.15, -0.1) is 12.4 Å². The number of nitrogens with one attached hydrogen (secondary N) is 2. The molecular weight excluding hydrogens is 327 g/mol. The van der Waals surface area contributed by atoms with Crippen molar-refractivity contribution in [3.05, 3.63) is 23.5 Å². The highest BCUT2D eigenvalue weighted by molar-refractivity contribution is 5.85. The number of benzene rings is 1. The third-order valence-corrected chi connectivity index (χ3v) is 3.75. The molecule has 1 heterocycles. The van der Waals surface area contributed by atoms with Crippen LogP contribution in [0.3, 0.4) is 0 Å². The van der Waals surface area contributed by atoms with E-state index >= 15 is 0 Å².